The Kier molecular flexibility index (Phi) is 3.83. The molecule has 20 heavy (non-hydrogen) atoms. The fraction of sp³-hybridized carbons (Fsp3) is 0.533. The molecule has 3 rings (SSSR count). The first-order valence-corrected chi connectivity index (χ1v) is 7.49. The van der Waals surface area contributed by atoms with Crippen LogP contribution in [0.25, 0.3) is 0 Å². The number of halogens is 2. The van der Waals surface area contributed by atoms with E-state index in [1.807, 2.05) is 0 Å². The van der Waals surface area contributed by atoms with Gasteiger partial charge in [0.1, 0.15) is 5.82 Å². The Morgan fingerprint density at radius 1 is 1.30 bits per heavy atom. The standard InChI is InChI=1S/C15H18ClFN2O/c16-12-7-11(17)5-6-13(12)18-8-14(20)19-15(9-1-2-9)10-3-4-10/h5-7,9-10,15,18H,1-4,8H2,(H,19,20). The molecule has 0 spiro atoms. The highest BCUT2D eigenvalue weighted by Gasteiger charge is 2.42. The van der Waals surface area contributed by atoms with Crippen LogP contribution in [0.3, 0.4) is 0 Å². The maximum Gasteiger partial charge on any atom is 0.239 e. The summed E-state index contributed by atoms with van der Waals surface area (Å²) in [6, 6.07) is 4.46. The van der Waals surface area contributed by atoms with Gasteiger partial charge in [0.05, 0.1) is 17.3 Å². The van der Waals surface area contributed by atoms with Gasteiger partial charge >= 0.3 is 0 Å². The predicted molar refractivity (Wildman–Crippen MR) is 77.3 cm³/mol. The van der Waals surface area contributed by atoms with Crippen molar-refractivity contribution in [2.45, 2.75) is 31.7 Å². The first-order chi connectivity index (χ1) is 9.63. The quantitative estimate of drug-likeness (QED) is 0.846. The largest absolute Gasteiger partial charge is 0.375 e. The zero-order chi connectivity index (χ0) is 14.1. The summed E-state index contributed by atoms with van der Waals surface area (Å²) in [6.45, 7) is 0.168. The molecule has 5 heteroatoms. The van der Waals surface area contributed by atoms with E-state index in [0.29, 0.717) is 28.6 Å². The van der Waals surface area contributed by atoms with E-state index in [-0.39, 0.29) is 18.3 Å². The molecule has 0 heterocycles. The topological polar surface area (TPSA) is 41.1 Å². The van der Waals surface area contributed by atoms with Crippen molar-refractivity contribution in [3.05, 3.63) is 29.0 Å². The molecule has 0 bridgehead atoms. The van der Waals surface area contributed by atoms with Crippen LogP contribution in [-0.4, -0.2) is 18.5 Å². The van der Waals surface area contributed by atoms with Gasteiger partial charge in [0.15, 0.2) is 0 Å². The third-order valence-corrected chi connectivity index (χ3v) is 4.27. The van der Waals surface area contributed by atoms with E-state index in [9.17, 15) is 9.18 Å². The number of anilines is 1. The van der Waals surface area contributed by atoms with Gasteiger partial charge in [-0.2, -0.15) is 0 Å². The molecule has 0 aromatic heterocycles. The molecule has 0 radical (unpaired) electrons. The predicted octanol–water partition coefficient (Wildman–Crippen LogP) is 3.20. The van der Waals surface area contributed by atoms with Crippen LogP contribution in [0.5, 0.6) is 0 Å². The van der Waals surface area contributed by atoms with Crippen LogP contribution in [0, 0.1) is 17.7 Å². The summed E-state index contributed by atoms with van der Waals surface area (Å²) in [6.07, 6.45) is 4.94. The zero-order valence-corrected chi connectivity index (χ0v) is 11.9. The maximum atomic E-state index is 12.9. The van der Waals surface area contributed by atoms with Crippen molar-refractivity contribution in [3.63, 3.8) is 0 Å². The van der Waals surface area contributed by atoms with Gasteiger partial charge < -0.3 is 10.6 Å². The minimum atomic E-state index is -0.382. The molecule has 1 amide bonds. The first-order valence-electron chi connectivity index (χ1n) is 7.12. The molecule has 2 N–H and O–H groups in total. The van der Waals surface area contributed by atoms with Gasteiger partial charge in [0.25, 0.3) is 0 Å². The van der Waals surface area contributed by atoms with Crippen LogP contribution in [-0.2, 0) is 4.79 Å². The average molecular weight is 297 g/mol. The fourth-order valence-electron chi connectivity index (χ4n) is 2.58. The molecule has 0 saturated heterocycles. The second-order valence-corrected chi connectivity index (χ2v) is 6.15. The summed E-state index contributed by atoms with van der Waals surface area (Å²) < 4.78 is 12.9. The summed E-state index contributed by atoms with van der Waals surface area (Å²) in [5.74, 6) is 0.962. The second kappa shape index (κ2) is 5.60. The smallest absolute Gasteiger partial charge is 0.239 e. The summed E-state index contributed by atoms with van der Waals surface area (Å²) in [7, 11) is 0. The molecular formula is C15H18ClFN2O. The SMILES string of the molecule is O=C(CNc1ccc(F)cc1Cl)NC(C1CC1)C1CC1. The highest BCUT2D eigenvalue weighted by Crippen LogP contribution is 2.44. The van der Waals surface area contributed by atoms with Gasteiger partial charge in [0, 0.05) is 6.04 Å². The van der Waals surface area contributed by atoms with Crippen molar-refractivity contribution >= 4 is 23.2 Å². The van der Waals surface area contributed by atoms with Gasteiger partial charge in [-0.15, -0.1) is 0 Å². The van der Waals surface area contributed by atoms with Crippen molar-refractivity contribution in [2.24, 2.45) is 11.8 Å². The van der Waals surface area contributed by atoms with E-state index in [1.54, 1.807) is 6.07 Å². The second-order valence-electron chi connectivity index (χ2n) is 5.75. The molecule has 1 aromatic carbocycles. The lowest BCUT2D eigenvalue weighted by molar-refractivity contribution is -0.120. The Labute approximate surface area is 122 Å². The summed E-state index contributed by atoms with van der Waals surface area (Å²) in [5, 5.41) is 6.37. The van der Waals surface area contributed by atoms with E-state index < -0.39 is 0 Å². The van der Waals surface area contributed by atoms with E-state index in [4.69, 9.17) is 11.6 Å². The van der Waals surface area contributed by atoms with Crippen molar-refractivity contribution in [1.82, 2.24) is 5.32 Å². The molecule has 2 fully saturated rings. The number of rotatable bonds is 6. The van der Waals surface area contributed by atoms with Gasteiger partial charge in [0.2, 0.25) is 5.91 Å². The van der Waals surface area contributed by atoms with Crippen molar-refractivity contribution < 1.29 is 9.18 Å². The van der Waals surface area contributed by atoms with Gasteiger partial charge in [-0.05, 0) is 55.7 Å². The highest BCUT2D eigenvalue weighted by molar-refractivity contribution is 6.33. The summed E-state index contributed by atoms with van der Waals surface area (Å²) in [4.78, 5) is 12.0. The van der Waals surface area contributed by atoms with Crippen molar-refractivity contribution in [1.29, 1.82) is 0 Å². The van der Waals surface area contributed by atoms with Crippen molar-refractivity contribution in [3.8, 4) is 0 Å². The Bertz CT molecular complexity index is 503. The van der Waals surface area contributed by atoms with E-state index >= 15 is 0 Å². The summed E-state index contributed by atoms with van der Waals surface area (Å²) in [5.41, 5.74) is 0.581. The van der Waals surface area contributed by atoms with Crippen LogP contribution >= 0.6 is 11.6 Å². The molecule has 2 aliphatic rings. The average Bonchev–Trinajstić information content (AvgIpc) is 3.28. The lowest BCUT2D eigenvalue weighted by Crippen LogP contribution is -2.41. The lowest BCUT2D eigenvalue weighted by Gasteiger charge is -2.18. The number of hydrogen-bond acceptors (Lipinski definition) is 2. The summed E-state index contributed by atoms with van der Waals surface area (Å²) >= 11 is 5.91. The molecule has 1 aromatic rings. The molecule has 2 saturated carbocycles. The fourth-order valence-corrected chi connectivity index (χ4v) is 2.81. The Morgan fingerprint density at radius 2 is 1.95 bits per heavy atom. The Morgan fingerprint density at radius 3 is 2.50 bits per heavy atom. The van der Waals surface area contributed by atoms with Crippen LogP contribution in [0.1, 0.15) is 25.7 Å². The molecule has 2 aliphatic carbocycles. The van der Waals surface area contributed by atoms with Crippen LogP contribution in [0.4, 0.5) is 10.1 Å². The number of nitrogens with one attached hydrogen (secondary N) is 2. The molecule has 0 atom stereocenters. The Hall–Kier alpha value is -1.29. The van der Waals surface area contributed by atoms with Crippen LogP contribution in [0.2, 0.25) is 5.02 Å². The van der Waals surface area contributed by atoms with E-state index in [1.165, 1.54) is 37.8 Å². The van der Waals surface area contributed by atoms with Crippen molar-refractivity contribution in [2.75, 3.05) is 11.9 Å². The van der Waals surface area contributed by atoms with Gasteiger partial charge in [-0.1, -0.05) is 11.6 Å². The molecule has 108 valence electrons. The maximum absolute atomic E-state index is 12.9. The molecular weight excluding hydrogens is 279 g/mol. The number of carbonyl (C=O) groups excluding carboxylic acids is 1. The molecule has 0 aliphatic heterocycles. The Balaban J connectivity index is 1.51. The number of hydrogen-bond donors (Lipinski definition) is 2. The minimum absolute atomic E-state index is 0.0193. The van der Waals surface area contributed by atoms with Crippen LogP contribution < -0.4 is 10.6 Å². The third kappa shape index (κ3) is 3.42. The monoisotopic (exact) mass is 296 g/mol. The molecule has 0 unspecified atom stereocenters. The van der Waals surface area contributed by atoms with E-state index in [2.05, 4.69) is 10.6 Å². The molecule has 3 nitrogen and oxygen atoms in total. The van der Waals surface area contributed by atoms with E-state index in [0.717, 1.165) is 0 Å². The highest BCUT2D eigenvalue weighted by atomic mass is 35.5. The first kappa shape index (κ1) is 13.7. The number of benzene rings is 1. The van der Waals surface area contributed by atoms with Gasteiger partial charge in [-0.3, -0.25) is 4.79 Å². The normalized spacial score (nSPS) is 18.1. The number of amides is 1. The zero-order valence-electron chi connectivity index (χ0n) is 11.2. The van der Waals surface area contributed by atoms with Crippen LogP contribution in [0.15, 0.2) is 18.2 Å². The third-order valence-electron chi connectivity index (χ3n) is 3.96. The lowest BCUT2D eigenvalue weighted by atomic mass is 10.1. The minimum Gasteiger partial charge on any atom is -0.375 e. The van der Waals surface area contributed by atoms with Gasteiger partial charge in [-0.25, -0.2) is 4.39 Å². The number of carbonyl (C=O) groups is 1.